The second-order valence-corrected chi connectivity index (χ2v) is 7.13. The number of ether oxygens (including phenoxy) is 1. The summed E-state index contributed by atoms with van der Waals surface area (Å²) in [7, 11) is 1.45. The highest BCUT2D eigenvalue weighted by atomic mass is 79.9. The summed E-state index contributed by atoms with van der Waals surface area (Å²) in [6.07, 6.45) is 1.44. The number of carbonyl (C=O) groups excluding carboxylic acids is 1. The molecule has 0 spiro atoms. The molecule has 0 fully saturated rings. The molecule has 2 aromatic rings. The molecule has 1 amide bonds. The van der Waals surface area contributed by atoms with Gasteiger partial charge in [-0.05, 0) is 33.6 Å². The molecule has 0 radical (unpaired) electrons. The van der Waals surface area contributed by atoms with Gasteiger partial charge in [-0.3, -0.25) is 4.79 Å². The van der Waals surface area contributed by atoms with Crippen LogP contribution in [0.15, 0.2) is 26.0 Å². The average Bonchev–Trinajstić information content (AvgIpc) is 2.94. The molecule has 0 atom stereocenters. The summed E-state index contributed by atoms with van der Waals surface area (Å²) in [6, 6.07) is 3.24. The predicted octanol–water partition coefficient (Wildman–Crippen LogP) is 1.84. The highest BCUT2D eigenvalue weighted by molar-refractivity contribution is 9.10. The van der Waals surface area contributed by atoms with E-state index in [0.717, 1.165) is 0 Å². The number of thioether (sulfide) groups is 1. The van der Waals surface area contributed by atoms with Gasteiger partial charge in [-0.1, -0.05) is 23.1 Å². The molecule has 0 saturated carbocycles. The number of phenols is 1. The lowest BCUT2D eigenvalue weighted by Gasteiger charge is -2.06. The van der Waals surface area contributed by atoms with Gasteiger partial charge in [0.25, 0.3) is 5.91 Å². The molecule has 0 aliphatic heterocycles. The van der Waals surface area contributed by atoms with Crippen molar-refractivity contribution in [2.45, 2.75) is 4.34 Å². The monoisotopic (exact) mass is 417 g/mol. The first-order valence-corrected chi connectivity index (χ1v) is 8.69. The third-order valence-corrected chi connectivity index (χ3v) is 4.91. The number of benzene rings is 1. The highest BCUT2D eigenvalue weighted by Crippen LogP contribution is 2.34. The zero-order valence-electron chi connectivity index (χ0n) is 11.8. The summed E-state index contributed by atoms with van der Waals surface area (Å²) in [5, 5.41) is 21.4. The molecule has 1 aromatic heterocycles. The quantitative estimate of drug-likeness (QED) is 0.372. The minimum Gasteiger partial charge on any atom is -0.503 e. The number of nitrogens with one attached hydrogen (secondary N) is 1. The summed E-state index contributed by atoms with van der Waals surface area (Å²) >= 11 is 5.65. The van der Waals surface area contributed by atoms with Gasteiger partial charge < -0.3 is 15.6 Å². The first-order valence-electron chi connectivity index (χ1n) is 6.09. The van der Waals surface area contributed by atoms with Gasteiger partial charge in [0.15, 0.2) is 15.8 Å². The van der Waals surface area contributed by atoms with E-state index in [1.165, 1.54) is 36.4 Å². The van der Waals surface area contributed by atoms with Crippen molar-refractivity contribution in [3.05, 3.63) is 22.2 Å². The maximum absolute atomic E-state index is 11.7. The zero-order valence-corrected chi connectivity index (χ0v) is 15.0. The van der Waals surface area contributed by atoms with Crippen LogP contribution in [0, 0.1) is 0 Å². The lowest BCUT2D eigenvalue weighted by Crippen LogP contribution is -2.19. The fourth-order valence-corrected chi connectivity index (χ4v) is 3.33. The van der Waals surface area contributed by atoms with E-state index >= 15 is 0 Å². The van der Waals surface area contributed by atoms with E-state index < -0.39 is 0 Å². The number of rotatable bonds is 6. The van der Waals surface area contributed by atoms with Crippen molar-refractivity contribution < 1.29 is 14.6 Å². The first kappa shape index (κ1) is 17.5. The van der Waals surface area contributed by atoms with E-state index in [4.69, 9.17) is 10.5 Å². The molecular formula is C12H12BrN5O3S2. The number of amides is 1. The molecule has 8 nitrogen and oxygen atoms in total. The van der Waals surface area contributed by atoms with Crippen LogP contribution in [0.2, 0.25) is 0 Å². The topological polar surface area (TPSA) is 123 Å². The number of carbonyl (C=O) groups is 1. The molecule has 23 heavy (non-hydrogen) atoms. The lowest BCUT2D eigenvalue weighted by molar-refractivity contribution is -0.118. The molecule has 1 heterocycles. The van der Waals surface area contributed by atoms with E-state index in [9.17, 15) is 9.90 Å². The van der Waals surface area contributed by atoms with Gasteiger partial charge in [-0.2, -0.15) is 5.10 Å². The SMILES string of the molecule is COc1cc(C=NNC(=O)CSc2nnc(N)s2)cc(Br)c1O. The Morgan fingerprint density at radius 2 is 2.39 bits per heavy atom. The Kier molecular flexibility index (Phi) is 6.19. The zero-order chi connectivity index (χ0) is 16.8. The normalized spacial score (nSPS) is 10.9. The van der Waals surface area contributed by atoms with E-state index in [-0.39, 0.29) is 17.4 Å². The van der Waals surface area contributed by atoms with Crippen molar-refractivity contribution in [3.63, 3.8) is 0 Å². The Balaban J connectivity index is 1.88. The molecular weight excluding hydrogens is 406 g/mol. The van der Waals surface area contributed by atoms with Crippen molar-refractivity contribution in [1.82, 2.24) is 15.6 Å². The van der Waals surface area contributed by atoms with Gasteiger partial charge in [-0.15, -0.1) is 10.2 Å². The van der Waals surface area contributed by atoms with Crippen molar-refractivity contribution in [2.24, 2.45) is 5.10 Å². The minimum atomic E-state index is -0.287. The summed E-state index contributed by atoms with van der Waals surface area (Å²) in [5.41, 5.74) is 8.50. The number of anilines is 1. The van der Waals surface area contributed by atoms with Crippen molar-refractivity contribution in [2.75, 3.05) is 18.6 Å². The third-order valence-electron chi connectivity index (χ3n) is 2.42. The largest absolute Gasteiger partial charge is 0.503 e. The number of nitrogens with two attached hydrogens (primary N) is 1. The Labute approximate surface area is 148 Å². The molecule has 11 heteroatoms. The number of aromatic nitrogens is 2. The molecule has 4 N–H and O–H groups in total. The maximum Gasteiger partial charge on any atom is 0.250 e. The van der Waals surface area contributed by atoms with Crippen LogP contribution < -0.4 is 15.9 Å². The number of phenolic OH excluding ortho intramolecular Hbond substituents is 1. The molecule has 0 aliphatic carbocycles. The van der Waals surface area contributed by atoms with Crippen molar-refractivity contribution in [1.29, 1.82) is 0 Å². The summed E-state index contributed by atoms with van der Waals surface area (Å²) in [5.74, 6) is 0.164. The molecule has 0 unspecified atom stereocenters. The number of methoxy groups -OCH3 is 1. The molecule has 0 aliphatic rings. The van der Waals surface area contributed by atoms with E-state index in [0.29, 0.717) is 25.3 Å². The number of hydrazone groups is 1. The van der Waals surface area contributed by atoms with Crippen molar-refractivity contribution in [3.8, 4) is 11.5 Å². The third kappa shape index (κ3) is 5.08. The highest BCUT2D eigenvalue weighted by Gasteiger charge is 2.08. The fourth-order valence-electron chi connectivity index (χ4n) is 1.44. The van der Waals surface area contributed by atoms with Crippen LogP contribution >= 0.6 is 39.0 Å². The standard InChI is InChI=1S/C12H12BrN5O3S2/c1-21-8-3-6(2-7(13)10(8)20)4-15-16-9(19)5-22-12-18-17-11(14)23-12/h2-4,20H,5H2,1H3,(H2,14,17)(H,16,19). The van der Waals surface area contributed by atoms with Gasteiger partial charge in [0.1, 0.15) is 0 Å². The fraction of sp³-hybridized carbons (Fsp3) is 0.167. The summed E-state index contributed by atoms with van der Waals surface area (Å²) in [6.45, 7) is 0. The van der Waals surface area contributed by atoms with Crippen molar-refractivity contribution >= 4 is 56.3 Å². The average molecular weight is 418 g/mol. The number of hydrogen-bond acceptors (Lipinski definition) is 9. The Bertz CT molecular complexity index is 737. The molecule has 122 valence electrons. The minimum absolute atomic E-state index is 0.00131. The molecule has 1 aromatic carbocycles. The van der Waals surface area contributed by atoms with E-state index in [1.807, 2.05) is 0 Å². The van der Waals surface area contributed by atoms with Gasteiger partial charge in [0, 0.05) is 0 Å². The second-order valence-electron chi connectivity index (χ2n) is 4.04. The van der Waals surface area contributed by atoms with Crippen LogP contribution in [0.4, 0.5) is 5.13 Å². The number of halogens is 1. The number of nitrogens with zero attached hydrogens (tertiary/aromatic N) is 3. The number of nitrogen functional groups attached to an aromatic ring is 1. The second kappa shape index (κ2) is 8.13. The lowest BCUT2D eigenvalue weighted by atomic mass is 10.2. The number of hydrogen-bond donors (Lipinski definition) is 3. The van der Waals surface area contributed by atoms with Crippen LogP contribution in [0.25, 0.3) is 0 Å². The molecule has 0 bridgehead atoms. The van der Waals surface area contributed by atoms with Crippen LogP contribution in [0.1, 0.15) is 5.56 Å². The molecule has 0 saturated heterocycles. The van der Waals surface area contributed by atoms with E-state index in [2.05, 4.69) is 36.7 Å². The van der Waals surface area contributed by atoms with Gasteiger partial charge in [0.2, 0.25) is 5.13 Å². The summed E-state index contributed by atoms with van der Waals surface area (Å²) < 4.78 is 6.12. The van der Waals surface area contributed by atoms with Gasteiger partial charge >= 0.3 is 0 Å². The van der Waals surface area contributed by atoms with Gasteiger partial charge in [-0.25, -0.2) is 5.43 Å². The summed E-state index contributed by atoms with van der Waals surface area (Å²) in [4.78, 5) is 11.7. The van der Waals surface area contributed by atoms with Crippen LogP contribution in [-0.2, 0) is 4.79 Å². The van der Waals surface area contributed by atoms with Gasteiger partial charge in [0.05, 0.1) is 23.5 Å². The Hall–Kier alpha value is -1.85. The number of aromatic hydroxyl groups is 1. The van der Waals surface area contributed by atoms with Crippen LogP contribution in [0.5, 0.6) is 11.5 Å². The van der Waals surface area contributed by atoms with E-state index in [1.54, 1.807) is 12.1 Å². The Morgan fingerprint density at radius 1 is 1.61 bits per heavy atom. The van der Waals surface area contributed by atoms with Crippen LogP contribution in [-0.4, -0.2) is 40.3 Å². The predicted molar refractivity (Wildman–Crippen MR) is 93.1 cm³/mol. The molecule has 2 rings (SSSR count). The Morgan fingerprint density at radius 3 is 3.04 bits per heavy atom. The van der Waals surface area contributed by atoms with Crippen LogP contribution in [0.3, 0.4) is 0 Å². The maximum atomic E-state index is 11.7. The smallest absolute Gasteiger partial charge is 0.250 e. The first-order chi connectivity index (χ1) is 11.0.